The molecular formula is C11H16N4O3. The molecule has 2 heterocycles. The van der Waals surface area contributed by atoms with Crippen LogP contribution >= 0.6 is 0 Å². The number of aliphatic hydroxyl groups excluding tert-OH is 1. The Bertz CT molecular complexity index is 443. The minimum Gasteiger partial charge on any atom is -0.388 e. The summed E-state index contributed by atoms with van der Waals surface area (Å²) in [6, 6.07) is -0.269. The normalized spacial score (nSPS) is 23.7. The Balaban J connectivity index is 1.99. The molecule has 2 rings (SSSR count). The monoisotopic (exact) mass is 252 g/mol. The van der Waals surface area contributed by atoms with Gasteiger partial charge in [-0.2, -0.15) is 0 Å². The van der Waals surface area contributed by atoms with Crippen molar-refractivity contribution in [3.8, 4) is 0 Å². The fraction of sp³-hybridized carbons (Fsp3) is 0.545. The predicted octanol–water partition coefficient (Wildman–Crippen LogP) is -0.484. The maximum Gasteiger partial charge on any atom is 0.273 e. The summed E-state index contributed by atoms with van der Waals surface area (Å²) in [7, 11) is 0. The number of nitrogens with zero attached hydrogens (tertiary/aromatic N) is 3. The molecular weight excluding hydrogens is 236 g/mol. The summed E-state index contributed by atoms with van der Waals surface area (Å²) in [5, 5.41) is 19.9. The summed E-state index contributed by atoms with van der Waals surface area (Å²) in [5.41, 5.74) is 0.235. The third-order valence-electron chi connectivity index (χ3n) is 2.72. The van der Waals surface area contributed by atoms with Crippen molar-refractivity contribution in [2.24, 2.45) is 0 Å². The Morgan fingerprint density at radius 1 is 1.72 bits per heavy atom. The highest BCUT2D eigenvalue weighted by molar-refractivity contribution is 5.91. The number of allylic oxidation sites excluding steroid dienone is 1. The first-order chi connectivity index (χ1) is 8.72. The number of hydrogen-bond donors (Lipinski definition) is 2. The quantitative estimate of drug-likeness (QED) is 0.706. The van der Waals surface area contributed by atoms with E-state index in [-0.39, 0.29) is 24.2 Å². The number of aliphatic hydroxyl groups is 1. The largest absolute Gasteiger partial charge is 0.388 e. The second kappa shape index (κ2) is 5.74. The summed E-state index contributed by atoms with van der Waals surface area (Å²) < 4.78 is 6.60. The third-order valence-corrected chi connectivity index (χ3v) is 2.72. The van der Waals surface area contributed by atoms with E-state index < -0.39 is 6.10 Å². The molecule has 1 aliphatic heterocycles. The molecule has 2 atom stereocenters. The van der Waals surface area contributed by atoms with E-state index in [1.165, 1.54) is 10.9 Å². The van der Waals surface area contributed by atoms with Crippen LogP contribution in [-0.2, 0) is 4.74 Å². The third kappa shape index (κ3) is 2.74. The molecule has 1 aliphatic rings. The van der Waals surface area contributed by atoms with Crippen LogP contribution in [0, 0.1) is 0 Å². The van der Waals surface area contributed by atoms with Crippen LogP contribution in [-0.4, -0.2) is 51.9 Å². The highest BCUT2D eigenvalue weighted by atomic mass is 16.5. The maximum absolute atomic E-state index is 11.7. The van der Waals surface area contributed by atoms with Gasteiger partial charge in [-0.3, -0.25) is 4.79 Å². The molecule has 0 bridgehead atoms. The molecule has 18 heavy (non-hydrogen) atoms. The van der Waals surface area contributed by atoms with Crippen molar-refractivity contribution in [1.82, 2.24) is 20.3 Å². The minimum atomic E-state index is -0.606. The molecule has 0 aliphatic carbocycles. The SMILES string of the molecule is C/C=C/CNC(=O)c1cn([C@@H]2COC[C@H]2O)nn1. The van der Waals surface area contributed by atoms with E-state index in [1.54, 1.807) is 0 Å². The molecule has 0 radical (unpaired) electrons. The van der Waals surface area contributed by atoms with Gasteiger partial charge in [0, 0.05) is 6.54 Å². The van der Waals surface area contributed by atoms with E-state index in [2.05, 4.69) is 15.6 Å². The average molecular weight is 252 g/mol. The highest BCUT2D eigenvalue weighted by Crippen LogP contribution is 2.18. The first kappa shape index (κ1) is 12.7. The van der Waals surface area contributed by atoms with E-state index in [0.29, 0.717) is 13.2 Å². The molecule has 1 aromatic rings. The molecule has 7 heteroatoms. The van der Waals surface area contributed by atoms with Gasteiger partial charge in [0.25, 0.3) is 5.91 Å². The molecule has 1 saturated heterocycles. The van der Waals surface area contributed by atoms with Gasteiger partial charge < -0.3 is 15.2 Å². The van der Waals surface area contributed by atoms with E-state index in [0.717, 1.165) is 0 Å². The van der Waals surface area contributed by atoms with Gasteiger partial charge in [0.2, 0.25) is 0 Å². The predicted molar refractivity (Wildman–Crippen MR) is 63.0 cm³/mol. The summed E-state index contributed by atoms with van der Waals surface area (Å²) in [4.78, 5) is 11.7. The van der Waals surface area contributed by atoms with Crippen molar-refractivity contribution in [2.75, 3.05) is 19.8 Å². The van der Waals surface area contributed by atoms with Gasteiger partial charge in [-0.15, -0.1) is 5.10 Å². The van der Waals surface area contributed by atoms with Gasteiger partial charge in [-0.1, -0.05) is 17.4 Å². The summed E-state index contributed by atoms with van der Waals surface area (Å²) >= 11 is 0. The van der Waals surface area contributed by atoms with Gasteiger partial charge in [0.05, 0.1) is 19.4 Å². The Hall–Kier alpha value is -1.73. The first-order valence-corrected chi connectivity index (χ1v) is 5.79. The minimum absolute atomic E-state index is 0.235. The van der Waals surface area contributed by atoms with E-state index in [9.17, 15) is 9.90 Å². The number of carbonyl (C=O) groups excluding carboxylic acids is 1. The molecule has 0 saturated carbocycles. The van der Waals surface area contributed by atoms with Gasteiger partial charge >= 0.3 is 0 Å². The zero-order valence-corrected chi connectivity index (χ0v) is 10.1. The molecule has 0 spiro atoms. The van der Waals surface area contributed by atoms with Crippen molar-refractivity contribution >= 4 is 5.91 Å². The highest BCUT2D eigenvalue weighted by Gasteiger charge is 2.29. The fourth-order valence-corrected chi connectivity index (χ4v) is 1.69. The van der Waals surface area contributed by atoms with E-state index in [4.69, 9.17) is 4.74 Å². The number of ether oxygens (including phenoxy) is 1. The van der Waals surface area contributed by atoms with Crippen molar-refractivity contribution in [2.45, 2.75) is 19.1 Å². The Morgan fingerprint density at radius 3 is 3.22 bits per heavy atom. The van der Waals surface area contributed by atoms with Crippen molar-refractivity contribution in [3.63, 3.8) is 0 Å². The van der Waals surface area contributed by atoms with Crippen LogP contribution in [0.15, 0.2) is 18.3 Å². The zero-order valence-electron chi connectivity index (χ0n) is 10.1. The van der Waals surface area contributed by atoms with Crippen LogP contribution in [0.4, 0.5) is 0 Å². The topological polar surface area (TPSA) is 89.3 Å². The van der Waals surface area contributed by atoms with Crippen molar-refractivity contribution < 1.29 is 14.6 Å². The van der Waals surface area contributed by atoms with Crippen LogP contribution in [0.3, 0.4) is 0 Å². The second-order valence-electron chi connectivity index (χ2n) is 4.04. The number of nitrogens with one attached hydrogen (secondary N) is 1. The maximum atomic E-state index is 11.7. The van der Waals surface area contributed by atoms with Gasteiger partial charge in [-0.05, 0) is 6.92 Å². The van der Waals surface area contributed by atoms with Gasteiger partial charge in [-0.25, -0.2) is 4.68 Å². The summed E-state index contributed by atoms with van der Waals surface area (Å²) in [5.74, 6) is -0.284. The first-order valence-electron chi connectivity index (χ1n) is 5.79. The van der Waals surface area contributed by atoms with Crippen molar-refractivity contribution in [3.05, 3.63) is 24.0 Å². The van der Waals surface area contributed by atoms with Crippen LogP contribution in [0.5, 0.6) is 0 Å². The van der Waals surface area contributed by atoms with Crippen LogP contribution in [0.2, 0.25) is 0 Å². The molecule has 1 aromatic heterocycles. The lowest BCUT2D eigenvalue weighted by Crippen LogP contribution is -2.24. The van der Waals surface area contributed by atoms with E-state index in [1.807, 2.05) is 19.1 Å². The number of rotatable bonds is 4. The lowest BCUT2D eigenvalue weighted by molar-refractivity contribution is 0.0952. The number of hydrogen-bond acceptors (Lipinski definition) is 5. The Labute approximate surface area is 104 Å². The zero-order chi connectivity index (χ0) is 13.0. The fourth-order valence-electron chi connectivity index (χ4n) is 1.69. The second-order valence-corrected chi connectivity index (χ2v) is 4.04. The van der Waals surface area contributed by atoms with Gasteiger partial charge in [0.1, 0.15) is 12.1 Å². The van der Waals surface area contributed by atoms with Crippen LogP contribution < -0.4 is 5.32 Å². The molecule has 98 valence electrons. The molecule has 7 nitrogen and oxygen atoms in total. The molecule has 2 N–H and O–H groups in total. The van der Waals surface area contributed by atoms with Crippen molar-refractivity contribution in [1.29, 1.82) is 0 Å². The lowest BCUT2D eigenvalue weighted by atomic mass is 10.2. The van der Waals surface area contributed by atoms with Crippen LogP contribution in [0.25, 0.3) is 0 Å². The number of aromatic nitrogens is 3. The number of amides is 1. The standard InChI is InChI=1S/C11H16N4O3/c1-2-3-4-12-11(17)8-5-15(14-13-8)9-6-18-7-10(9)16/h2-3,5,9-10,16H,4,6-7H2,1H3,(H,12,17)/b3-2+/t9-,10-/m1/s1. The molecule has 1 amide bonds. The van der Waals surface area contributed by atoms with Crippen LogP contribution in [0.1, 0.15) is 23.5 Å². The number of carbonyl (C=O) groups is 1. The summed E-state index contributed by atoms with van der Waals surface area (Å²) in [6.07, 6.45) is 4.60. The molecule has 1 fully saturated rings. The van der Waals surface area contributed by atoms with Gasteiger partial charge in [0.15, 0.2) is 5.69 Å². The molecule has 0 aromatic carbocycles. The Morgan fingerprint density at radius 2 is 2.56 bits per heavy atom. The summed E-state index contributed by atoms with van der Waals surface area (Å²) in [6.45, 7) is 3.00. The smallest absolute Gasteiger partial charge is 0.273 e. The van der Waals surface area contributed by atoms with E-state index >= 15 is 0 Å². The molecule has 0 unspecified atom stereocenters. The lowest BCUT2D eigenvalue weighted by Gasteiger charge is -2.10. The Kier molecular flexibility index (Phi) is 4.06. The average Bonchev–Trinajstić information content (AvgIpc) is 2.97.